The molecule has 3 aromatic carbocycles. The molecule has 0 saturated carbocycles. The second-order valence-electron chi connectivity index (χ2n) is 6.16. The Kier molecular flexibility index (Phi) is 4.44. The molecule has 2 nitrogen and oxygen atoms in total. The molecule has 0 radical (unpaired) electrons. The molecule has 0 aliphatic heterocycles. The molecule has 1 amide bonds. The van der Waals surface area contributed by atoms with Gasteiger partial charge in [-0.25, -0.2) is 4.90 Å². The second-order valence-corrected chi connectivity index (χ2v) is 7.18. The molecule has 0 aromatic heterocycles. The maximum absolute atomic E-state index is 13.7. The highest BCUT2D eigenvalue weighted by molar-refractivity contribution is 8.14. The fraction of sp³-hybridized carbons (Fsp3) is 0.0952. The Morgan fingerprint density at radius 1 is 0.852 bits per heavy atom. The van der Waals surface area contributed by atoms with E-state index in [0.717, 1.165) is 22.3 Å². The van der Waals surface area contributed by atoms with Crippen LogP contribution in [0.25, 0.3) is 11.1 Å². The smallest absolute Gasteiger partial charge is 0.261 e. The predicted molar refractivity (Wildman–Crippen MR) is 101 cm³/mol. The van der Waals surface area contributed by atoms with E-state index in [1.165, 1.54) is 12.1 Å². The Morgan fingerprint density at radius 3 is 2.26 bits per heavy atom. The summed E-state index contributed by atoms with van der Waals surface area (Å²) in [4.78, 5) is 12.8. The minimum Gasteiger partial charge on any atom is -0.261 e. The van der Waals surface area contributed by atoms with Gasteiger partial charge in [0.15, 0.2) is 0 Å². The SMILES string of the molecule is O=C(Sc1ccccc1)N(c1ccc2c(c1)Cc1ccccc1-2)C(F)(F)F. The van der Waals surface area contributed by atoms with E-state index in [-0.39, 0.29) is 10.6 Å². The zero-order valence-electron chi connectivity index (χ0n) is 14.0. The van der Waals surface area contributed by atoms with Crippen LogP contribution < -0.4 is 4.90 Å². The summed E-state index contributed by atoms with van der Waals surface area (Å²) >= 11 is 0.561. The average molecular weight is 385 g/mol. The first-order valence-corrected chi connectivity index (χ1v) is 9.10. The zero-order valence-corrected chi connectivity index (χ0v) is 14.8. The Labute approximate surface area is 158 Å². The van der Waals surface area contributed by atoms with Crippen LogP contribution in [0.5, 0.6) is 0 Å². The van der Waals surface area contributed by atoms with Gasteiger partial charge in [-0.3, -0.25) is 4.79 Å². The quantitative estimate of drug-likeness (QED) is 0.290. The van der Waals surface area contributed by atoms with Crippen molar-refractivity contribution >= 4 is 22.7 Å². The number of alkyl halides is 3. The van der Waals surface area contributed by atoms with Crippen LogP contribution in [0.2, 0.25) is 0 Å². The number of carbonyl (C=O) groups excluding carboxylic acids is 1. The largest absolute Gasteiger partial charge is 0.492 e. The van der Waals surface area contributed by atoms with Gasteiger partial charge in [-0.1, -0.05) is 48.5 Å². The number of halogens is 3. The first-order valence-electron chi connectivity index (χ1n) is 8.28. The van der Waals surface area contributed by atoms with Gasteiger partial charge in [-0.2, -0.15) is 0 Å². The van der Waals surface area contributed by atoms with E-state index in [2.05, 4.69) is 0 Å². The lowest BCUT2D eigenvalue weighted by atomic mass is 10.1. The molecule has 136 valence electrons. The van der Waals surface area contributed by atoms with Gasteiger partial charge in [-0.05, 0) is 64.7 Å². The number of rotatable bonds is 2. The predicted octanol–water partition coefficient (Wildman–Crippen LogP) is 6.50. The summed E-state index contributed by atoms with van der Waals surface area (Å²) in [6, 6.07) is 20.5. The molecule has 27 heavy (non-hydrogen) atoms. The molecule has 0 saturated heterocycles. The van der Waals surface area contributed by atoms with Crippen LogP contribution >= 0.6 is 11.8 Å². The number of thioether (sulfide) groups is 1. The number of nitrogens with zero attached hydrogens (tertiary/aromatic N) is 1. The Morgan fingerprint density at radius 2 is 1.52 bits per heavy atom. The molecule has 0 spiro atoms. The molecule has 0 N–H and O–H groups in total. The van der Waals surface area contributed by atoms with E-state index in [0.29, 0.717) is 23.1 Å². The van der Waals surface area contributed by atoms with Crippen LogP contribution in [0.4, 0.5) is 23.7 Å². The Hall–Kier alpha value is -2.73. The maximum atomic E-state index is 13.7. The van der Waals surface area contributed by atoms with Gasteiger partial charge >= 0.3 is 6.30 Å². The standard InChI is InChI=1S/C21H14F3NOS/c22-21(23,24)25(20(26)27-17-7-2-1-3-8-17)16-10-11-19-15(13-16)12-14-6-4-5-9-18(14)19/h1-11,13H,12H2. The summed E-state index contributed by atoms with van der Waals surface area (Å²) in [7, 11) is 0. The fourth-order valence-electron chi connectivity index (χ4n) is 3.26. The lowest BCUT2D eigenvalue weighted by molar-refractivity contribution is -0.119. The summed E-state index contributed by atoms with van der Waals surface area (Å²) in [5.41, 5.74) is 3.65. The van der Waals surface area contributed by atoms with E-state index in [9.17, 15) is 18.0 Å². The van der Waals surface area contributed by atoms with Crippen LogP contribution in [-0.4, -0.2) is 11.5 Å². The lowest BCUT2D eigenvalue weighted by Crippen LogP contribution is -2.40. The van der Waals surface area contributed by atoms with Gasteiger partial charge in [0.1, 0.15) is 0 Å². The molecule has 4 rings (SSSR count). The van der Waals surface area contributed by atoms with Gasteiger partial charge in [0, 0.05) is 4.90 Å². The first kappa shape index (κ1) is 17.7. The average Bonchev–Trinajstić information content (AvgIpc) is 2.99. The first-order chi connectivity index (χ1) is 12.9. The molecule has 1 aliphatic carbocycles. The minimum absolute atomic E-state index is 0.0894. The summed E-state index contributed by atoms with van der Waals surface area (Å²) in [6.07, 6.45) is -4.25. The van der Waals surface area contributed by atoms with Crippen LogP contribution in [0, 0.1) is 0 Å². The number of hydrogen-bond donors (Lipinski definition) is 0. The molecule has 0 bridgehead atoms. The number of anilines is 1. The highest BCUT2D eigenvalue weighted by Crippen LogP contribution is 2.41. The summed E-state index contributed by atoms with van der Waals surface area (Å²) < 4.78 is 41.0. The van der Waals surface area contributed by atoms with E-state index >= 15 is 0 Å². The molecule has 0 fully saturated rings. The Bertz CT molecular complexity index is 1000. The van der Waals surface area contributed by atoms with Crippen molar-refractivity contribution in [3.8, 4) is 11.1 Å². The molecular weight excluding hydrogens is 371 g/mol. The molecular formula is C21H14F3NOS. The molecule has 6 heteroatoms. The number of hydrogen-bond acceptors (Lipinski definition) is 2. The van der Waals surface area contributed by atoms with Crippen molar-refractivity contribution in [3.63, 3.8) is 0 Å². The minimum atomic E-state index is -4.81. The van der Waals surface area contributed by atoms with Crippen molar-refractivity contribution < 1.29 is 18.0 Å². The normalized spacial score (nSPS) is 12.4. The van der Waals surface area contributed by atoms with Crippen molar-refractivity contribution in [1.82, 2.24) is 0 Å². The van der Waals surface area contributed by atoms with E-state index < -0.39 is 11.5 Å². The molecule has 0 heterocycles. The second kappa shape index (κ2) is 6.78. The zero-order chi connectivity index (χ0) is 19.0. The third kappa shape index (κ3) is 3.45. The molecule has 1 aliphatic rings. The van der Waals surface area contributed by atoms with Crippen LogP contribution in [0.3, 0.4) is 0 Å². The van der Waals surface area contributed by atoms with Crippen molar-refractivity contribution in [2.45, 2.75) is 17.6 Å². The number of carbonyl (C=O) groups is 1. The lowest BCUT2D eigenvalue weighted by Gasteiger charge is -2.25. The summed E-state index contributed by atoms with van der Waals surface area (Å²) in [6.45, 7) is 0. The van der Waals surface area contributed by atoms with E-state index in [4.69, 9.17) is 0 Å². The highest BCUT2D eigenvalue weighted by Gasteiger charge is 2.43. The summed E-state index contributed by atoms with van der Waals surface area (Å²) in [5.74, 6) is 0. The number of fused-ring (bicyclic) bond motifs is 3. The number of benzene rings is 3. The van der Waals surface area contributed by atoms with Crippen LogP contribution in [0.15, 0.2) is 77.7 Å². The molecule has 3 aromatic rings. The number of amides is 1. The maximum Gasteiger partial charge on any atom is 0.492 e. The van der Waals surface area contributed by atoms with Gasteiger partial charge in [0.2, 0.25) is 0 Å². The van der Waals surface area contributed by atoms with Gasteiger partial charge in [0.05, 0.1) is 5.69 Å². The van der Waals surface area contributed by atoms with Gasteiger partial charge in [0.25, 0.3) is 5.24 Å². The van der Waals surface area contributed by atoms with Crippen molar-refractivity contribution in [1.29, 1.82) is 0 Å². The molecule has 0 unspecified atom stereocenters. The van der Waals surface area contributed by atoms with Crippen molar-refractivity contribution in [2.75, 3.05) is 4.90 Å². The fourth-order valence-corrected chi connectivity index (χ4v) is 4.06. The topological polar surface area (TPSA) is 20.3 Å². The Balaban J connectivity index is 1.68. The third-order valence-corrected chi connectivity index (χ3v) is 5.29. The van der Waals surface area contributed by atoms with Crippen molar-refractivity contribution in [2.24, 2.45) is 0 Å². The van der Waals surface area contributed by atoms with Crippen LogP contribution in [0.1, 0.15) is 11.1 Å². The third-order valence-electron chi connectivity index (χ3n) is 4.42. The van der Waals surface area contributed by atoms with Crippen LogP contribution in [-0.2, 0) is 6.42 Å². The van der Waals surface area contributed by atoms with Gasteiger partial charge < -0.3 is 0 Å². The molecule has 0 atom stereocenters. The monoisotopic (exact) mass is 385 g/mol. The van der Waals surface area contributed by atoms with E-state index in [1.54, 1.807) is 36.4 Å². The van der Waals surface area contributed by atoms with E-state index in [1.807, 2.05) is 24.3 Å². The highest BCUT2D eigenvalue weighted by atomic mass is 32.2. The van der Waals surface area contributed by atoms with Crippen molar-refractivity contribution in [3.05, 3.63) is 83.9 Å². The summed E-state index contributed by atoms with van der Waals surface area (Å²) in [5, 5.41) is -1.08. The van der Waals surface area contributed by atoms with Gasteiger partial charge in [-0.15, -0.1) is 13.2 Å².